The van der Waals surface area contributed by atoms with Gasteiger partial charge in [0.1, 0.15) is 18.3 Å². The molecule has 2 saturated heterocycles. The van der Waals surface area contributed by atoms with E-state index in [0.29, 0.717) is 26.4 Å². The normalized spacial score (nSPS) is 30.0. The van der Waals surface area contributed by atoms with E-state index >= 15 is 0 Å². The second-order valence-corrected chi connectivity index (χ2v) is 5.54. The van der Waals surface area contributed by atoms with Gasteiger partial charge in [-0.1, -0.05) is 30.3 Å². The number of hydrogen-bond acceptors (Lipinski definition) is 4. The zero-order valence-corrected chi connectivity index (χ0v) is 12.7. The van der Waals surface area contributed by atoms with E-state index in [-0.39, 0.29) is 30.4 Å². The molecule has 0 spiro atoms. The number of amides is 2. The lowest BCUT2D eigenvalue weighted by Gasteiger charge is -2.18. The zero-order valence-electron chi connectivity index (χ0n) is 12.7. The molecule has 0 aliphatic carbocycles. The summed E-state index contributed by atoms with van der Waals surface area (Å²) in [5.41, 5.74) is 1.13. The maximum atomic E-state index is 11.6. The van der Waals surface area contributed by atoms with Crippen LogP contribution in [0.3, 0.4) is 0 Å². The summed E-state index contributed by atoms with van der Waals surface area (Å²) in [6, 6.07) is 9.71. The van der Waals surface area contributed by atoms with Crippen molar-refractivity contribution in [1.82, 2.24) is 10.6 Å². The van der Waals surface area contributed by atoms with E-state index in [1.54, 1.807) is 0 Å². The molecule has 0 unspecified atom stereocenters. The second-order valence-electron chi connectivity index (χ2n) is 5.54. The predicted molar refractivity (Wildman–Crippen MR) is 80.5 cm³/mol. The number of fused-ring (bicyclic) bond motifs is 1. The topological polar surface area (TPSA) is 68.8 Å². The lowest BCUT2D eigenvalue weighted by atomic mass is 10.1. The van der Waals surface area contributed by atoms with Crippen molar-refractivity contribution in [2.75, 3.05) is 19.8 Å². The van der Waals surface area contributed by atoms with Crippen LogP contribution in [0.1, 0.15) is 12.5 Å². The SMILES string of the molecule is CCNC(=O)N[C@H]1CO[C@H]2[C@@H]1OC[C@H]2OCc1ccccc1. The van der Waals surface area contributed by atoms with E-state index in [9.17, 15) is 4.79 Å². The van der Waals surface area contributed by atoms with Crippen molar-refractivity contribution in [3.8, 4) is 0 Å². The molecular formula is C16H22N2O4. The summed E-state index contributed by atoms with van der Waals surface area (Å²) in [6.07, 6.45) is -0.342. The number of carbonyl (C=O) groups excluding carboxylic acids is 1. The van der Waals surface area contributed by atoms with Gasteiger partial charge in [-0.15, -0.1) is 0 Å². The Morgan fingerprint density at radius 3 is 2.77 bits per heavy atom. The zero-order chi connectivity index (χ0) is 15.4. The number of ether oxygens (including phenoxy) is 3. The molecule has 2 N–H and O–H groups in total. The fourth-order valence-corrected chi connectivity index (χ4v) is 2.89. The Morgan fingerprint density at radius 2 is 2.00 bits per heavy atom. The fourth-order valence-electron chi connectivity index (χ4n) is 2.89. The van der Waals surface area contributed by atoms with E-state index in [1.807, 2.05) is 37.3 Å². The van der Waals surface area contributed by atoms with Crippen LogP contribution in [-0.2, 0) is 20.8 Å². The van der Waals surface area contributed by atoms with E-state index < -0.39 is 0 Å². The summed E-state index contributed by atoms with van der Waals surface area (Å²) in [7, 11) is 0. The van der Waals surface area contributed by atoms with Gasteiger partial charge in [0.15, 0.2) is 0 Å². The van der Waals surface area contributed by atoms with Crippen LogP contribution in [0, 0.1) is 0 Å². The van der Waals surface area contributed by atoms with Crippen molar-refractivity contribution in [3.05, 3.63) is 35.9 Å². The molecule has 2 amide bonds. The van der Waals surface area contributed by atoms with Gasteiger partial charge in [0, 0.05) is 6.54 Å². The van der Waals surface area contributed by atoms with Crippen LogP contribution in [0.25, 0.3) is 0 Å². The van der Waals surface area contributed by atoms with Crippen LogP contribution in [-0.4, -0.2) is 50.1 Å². The summed E-state index contributed by atoms with van der Waals surface area (Å²) < 4.78 is 17.5. The third-order valence-corrected chi connectivity index (χ3v) is 3.97. The van der Waals surface area contributed by atoms with Crippen LogP contribution in [0.2, 0.25) is 0 Å². The maximum Gasteiger partial charge on any atom is 0.315 e. The Labute approximate surface area is 130 Å². The van der Waals surface area contributed by atoms with Crippen molar-refractivity contribution in [3.63, 3.8) is 0 Å². The van der Waals surface area contributed by atoms with Crippen LogP contribution in [0.15, 0.2) is 30.3 Å². The van der Waals surface area contributed by atoms with Gasteiger partial charge in [-0.05, 0) is 12.5 Å². The van der Waals surface area contributed by atoms with E-state index in [2.05, 4.69) is 10.6 Å². The molecule has 22 heavy (non-hydrogen) atoms. The number of benzene rings is 1. The first-order chi connectivity index (χ1) is 10.8. The highest BCUT2D eigenvalue weighted by Crippen LogP contribution is 2.29. The molecule has 3 rings (SSSR count). The van der Waals surface area contributed by atoms with Crippen LogP contribution < -0.4 is 10.6 Å². The van der Waals surface area contributed by atoms with E-state index in [1.165, 1.54) is 0 Å². The molecule has 0 radical (unpaired) electrons. The highest BCUT2D eigenvalue weighted by molar-refractivity contribution is 5.74. The van der Waals surface area contributed by atoms with Crippen LogP contribution >= 0.6 is 0 Å². The van der Waals surface area contributed by atoms with Gasteiger partial charge < -0.3 is 24.8 Å². The molecule has 6 heteroatoms. The number of rotatable bonds is 5. The van der Waals surface area contributed by atoms with Crippen LogP contribution in [0.4, 0.5) is 4.79 Å². The third kappa shape index (κ3) is 3.40. The molecule has 2 aliphatic heterocycles. The van der Waals surface area contributed by atoms with Crippen molar-refractivity contribution in [1.29, 1.82) is 0 Å². The first kappa shape index (κ1) is 15.3. The predicted octanol–water partition coefficient (Wildman–Crippen LogP) is 1.06. The minimum atomic E-state index is -0.186. The van der Waals surface area contributed by atoms with Gasteiger partial charge in [-0.2, -0.15) is 0 Å². The summed E-state index contributed by atoms with van der Waals surface area (Å²) in [6.45, 7) is 3.97. The Balaban J connectivity index is 1.50. The molecule has 2 heterocycles. The van der Waals surface area contributed by atoms with Gasteiger partial charge in [0.05, 0.1) is 25.9 Å². The first-order valence-electron chi connectivity index (χ1n) is 7.71. The van der Waals surface area contributed by atoms with Gasteiger partial charge >= 0.3 is 6.03 Å². The highest BCUT2D eigenvalue weighted by Gasteiger charge is 2.48. The molecule has 4 atom stereocenters. The molecule has 0 bridgehead atoms. The molecular weight excluding hydrogens is 284 g/mol. The lowest BCUT2D eigenvalue weighted by Crippen LogP contribution is -2.48. The standard InChI is InChI=1S/C16H22N2O4/c1-2-17-16(19)18-12-9-21-15-13(10-22-14(12)15)20-8-11-6-4-3-5-7-11/h3-7,12-15H,2,8-10H2,1H3,(H2,17,18,19)/t12-,13+,14+,15+/m0/s1. The number of hydrogen-bond donors (Lipinski definition) is 2. The number of nitrogens with one attached hydrogen (secondary N) is 2. The Bertz CT molecular complexity index is 496. The van der Waals surface area contributed by atoms with Crippen LogP contribution in [0.5, 0.6) is 0 Å². The minimum Gasteiger partial charge on any atom is -0.370 e. The monoisotopic (exact) mass is 306 g/mol. The quantitative estimate of drug-likeness (QED) is 0.853. The van der Waals surface area contributed by atoms with Crippen molar-refractivity contribution < 1.29 is 19.0 Å². The second kappa shape index (κ2) is 7.09. The molecule has 6 nitrogen and oxygen atoms in total. The van der Waals surface area contributed by atoms with Gasteiger partial charge in [-0.3, -0.25) is 0 Å². The highest BCUT2D eigenvalue weighted by atomic mass is 16.6. The van der Waals surface area contributed by atoms with E-state index in [4.69, 9.17) is 14.2 Å². The Kier molecular flexibility index (Phi) is 4.92. The summed E-state index contributed by atoms with van der Waals surface area (Å²) in [5, 5.41) is 5.61. The van der Waals surface area contributed by atoms with Crippen molar-refractivity contribution in [2.45, 2.75) is 37.9 Å². The minimum absolute atomic E-state index is 0.0914. The largest absolute Gasteiger partial charge is 0.370 e. The molecule has 120 valence electrons. The first-order valence-corrected chi connectivity index (χ1v) is 7.71. The van der Waals surface area contributed by atoms with Gasteiger partial charge in [0.2, 0.25) is 0 Å². The fraction of sp³-hybridized carbons (Fsp3) is 0.562. The van der Waals surface area contributed by atoms with Crippen molar-refractivity contribution >= 4 is 6.03 Å². The molecule has 0 aromatic heterocycles. The van der Waals surface area contributed by atoms with Gasteiger partial charge in [-0.25, -0.2) is 4.79 Å². The third-order valence-electron chi connectivity index (χ3n) is 3.97. The van der Waals surface area contributed by atoms with Crippen molar-refractivity contribution in [2.24, 2.45) is 0 Å². The molecule has 2 fully saturated rings. The molecule has 1 aromatic rings. The summed E-state index contributed by atoms with van der Waals surface area (Å²) in [5.74, 6) is 0. The smallest absolute Gasteiger partial charge is 0.315 e. The number of urea groups is 1. The van der Waals surface area contributed by atoms with E-state index in [0.717, 1.165) is 5.56 Å². The Hall–Kier alpha value is -1.63. The lowest BCUT2D eigenvalue weighted by molar-refractivity contribution is -0.0392. The van der Waals surface area contributed by atoms with Gasteiger partial charge in [0.25, 0.3) is 0 Å². The molecule has 1 aromatic carbocycles. The average Bonchev–Trinajstić information content (AvgIpc) is 3.10. The summed E-state index contributed by atoms with van der Waals surface area (Å²) >= 11 is 0. The molecule has 2 aliphatic rings. The Morgan fingerprint density at radius 1 is 1.23 bits per heavy atom. The molecule has 0 saturated carbocycles. The maximum absolute atomic E-state index is 11.6. The summed E-state index contributed by atoms with van der Waals surface area (Å²) in [4.78, 5) is 11.6. The average molecular weight is 306 g/mol. The number of carbonyl (C=O) groups is 1.